The first kappa shape index (κ1) is 21.6. The molecule has 7 nitrogen and oxygen atoms in total. The molecule has 0 bridgehead atoms. The first-order valence-electron chi connectivity index (χ1n) is 10.6. The van der Waals surface area contributed by atoms with Gasteiger partial charge in [-0.2, -0.15) is 0 Å². The zero-order valence-corrected chi connectivity index (χ0v) is 18.1. The summed E-state index contributed by atoms with van der Waals surface area (Å²) in [6, 6.07) is 19.3. The number of anilines is 1. The number of methoxy groups -OCH3 is 1. The summed E-state index contributed by atoms with van der Waals surface area (Å²) in [5, 5.41) is 9.43. The van der Waals surface area contributed by atoms with Gasteiger partial charge in [0.1, 0.15) is 18.0 Å². The third-order valence-electron chi connectivity index (χ3n) is 5.56. The summed E-state index contributed by atoms with van der Waals surface area (Å²) in [7, 11) is 1.65. The van der Waals surface area contributed by atoms with E-state index >= 15 is 0 Å². The number of carbonyl (C=O) groups is 1. The van der Waals surface area contributed by atoms with Gasteiger partial charge in [0.25, 0.3) is 0 Å². The van der Waals surface area contributed by atoms with E-state index in [-0.39, 0.29) is 5.56 Å². The maximum atomic E-state index is 11.5. The SMILES string of the molecule is COc1ccc(CN2CCN(c3ncccc3C(=O)O)CC2)cc1OCc1ccccc1. The number of carboxylic acid groups (broad SMARTS) is 1. The molecule has 1 aliphatic rings. The lowest BCUT2D eigenvalue weighted by molar-refractivity contribution is 0.0697. The number of aromatic nitrogens is 1. The minimum atomic E-state index is -0.947. The highest BCUT2D eigenvalue weighted by atomic mass is 16.5. The van der Waals surface area contributed by atoms with Crippen LogP contribution in [0.2, 0.25) is 0 Å². The van der Waals surface area contributed by atoms with Crippen LogP contribution < -0.4 is 14.4 Å². The van der Waals surface area contributed by atoms with E-state index in [2.05, 4.69) is 16.0 Å². The highest BCUT2D eigenvalue weighted by Crippen LogP contribution is 2.30. The third kappa shape index (κ3) is 5.18. The Balaban J connectivity index is 1.38. The van der Waals surface area contributed by atoms with Gasteiger partial charge in [0.2, 0.25) is 0 Å². The van der Waals surface area contributed by atoms with E-state index in [1.54, 1.807) is 25.4 Å². The monoisotopic (exact) mass is 433 g/mol. The van der Waals surface area contributed by atoms with Gasteiger partial charge in [0.05, 0.1) is 7.11 Å². The minimum Gasteiger partial charge on any atom is -0.493 e. The van der Waals surface area contributed by atoms with Crippen LogP contribution >= 0.6 is 0 Å². The molecule has 3 aromatic rings. The molecule has 0 unspecified atom stereocenters. The zero-order valence-electron chi connectivity index (χ0n) is 18.1. The first-order chi connectivity index (χ1) is 15.6. The average Bonchev–Trinajstić information content (AvgIpc) is 2.84. The molecule has 1 N–H and O–H groups in total. The molecule has 1 saturated heterocycles. The molecule has 166 valence electrons. The average molecular weight is 434 g/mol. The van der Waals surface area contributed by atoms with E-state index in [0.717, 1.165) is 49.6 Å². The van der Waals surface area contributed by atoms with Crippen LogP contribution in [-0.2, 0) is 13.2 Å². The van der Waals surface area contributed by atoms with Crippen molar-refractivity contribution in [2.45, 2.75) is 13.2 Å². The van der Waals surface area contributed by atoms with Gasteiger partial charge in [-0.1, -0.05) is 36.4 Å². The lowest BCUT2D eigenvalue weighted by Gasteiger charge is -2.36. The first-order valence-corrected chi connectivity index (χ1v) is 10.6. The Morgan fingerprint density at radius 1 is 0.969 bits per heavy atom. The molecule has 0 amide bonds. The number of benzene rings is 2. The lowest BCUT2D eigenvalue weighted by atomic mass is 10.1. The summed E-state index contributed by atoms with van der Waals surface area (Å²) in [5.41, 5.74) is 2.49. The van der Waals surface area contributed by atoms with Gasteiger partial charge in [-0.3, -0.25) is 4.90 Å². The maximum Gasteiger partial charge on any atom is 0.339 e. The third-order valence-corrected chi connectivity index (χ3v) is 5.56. The zero-order chi connectivity index (χ0) is 22.3. The Hall–Kier alpha value is -3.58. The Labute approximate surface area is 187 Å². The minimum absolute atomic E-state index is 0.247. The fourth-order valence-electron chi connectivity index (χ4n) is 3.86. The number of piperazine rings is 1. The number of ether oxygens (including phenoxy) is 2. The Bertz CT molecular complexity index is 1050. The van der Waals surface area contributed by atoms with E-state index in [1.807, 2.05) is 47.4 Å². The van der Waals surface area contributed by atoms with Crippen LogP contribution in [-0.4, -0.2) is 54.2 Å². The topological polar surface area (TPSA) is 75.1 Å². The molecular weight excluding hydrogens is 406 g/mol. The molecule has 0 spiro atoms. The molecule has 0 radical (unpaired) electrons. The number of hydrogen-bond acceptors (Lipinski definition) is 6. The standard InChI is InChI=1S/C25H27N3O4/c1-31-22-10-9-20(16-23(22)32-18-19-6-3-2-4-7-19)17-27-12-14-28(15-13-27)24-21(25(29)30)8-5-11-26-24/h2-11,16H,12-15,17-18H2,1H3,(H,29,30). The van der Waals surface area contributed by atoms with Crippen molar-refractivity contribution in [1.29, 1.82) is 0 Å². The lowest BCUT2D eigenvalue weighted by Crippen LogP contribution is -2.46. The van der Waals surface area contributed by atoms with Crippen molar-refractivity contribution >= 4 is 11.8 Å². The van der Waals surface area contributed by atoms with Gasteiger partial charge in [0, 0.05) is 38.9 Å². The number of nitrogens with zero attached hydrogens (tertiary/aromatic N) is 3. The van der Waals surface area contributed by atoms with E-state index < -0.39 is 5.97 Å². The largest absolute Gasteiger partial charge is 0.493 e. The van der Waals surface area contributed by atoms with Crippen molar-refractivity contribution in [3.8, 4) is 11.5 Å². The van der Waals surface area contributed by atoms with Crippen molar-refractivity contribution in [3.63, 3.8) is 0 Å². The van der Waals surface area contributed by atoms with Crippen molar-refractivity contribution in [1.82, 2.24) is 9.88 Å². The quantitative estimate of drug-likeness (QED) is 0.581. The highest BCUT2D eigenvalue weighted by molar-refractivity contribution is 5.93. The van der Waals surface area contributed by atoms with Crippen LogP contribution in [0.3, 0.4) is 0 Å². The Kier molecular flexibility index (Phi) is 6.87. The van der Waals surface area contributed by atoms with Crippen LogP contribution in [0.5, 0.6) is 11.5 Å². The molecule has 2 heterocycles. The summed E-state index contributed by atoms with van der Waals surface area (Å²) >= 11 is 0. The van der Waals surface area contributed by atoms with Gasteiger partial charge in [-0.25, -0.2) is 9.78 Å². The molecule has 4 rings (SSSR count). The van der Waals surface area contributed by atoms with Crippen molar-refractivity contribution in [3.05, 3.63) is 83.6 Å². The van der Waals surface area contributed by atoms with Crippen molar-refractivity contribution in [2.24, 2.45) is 0 Å². The molecule has 0 aliphatic carbocycles. The molecular formula is C25H27N3O4. The Morgan fingerprint density at radius 2 is 1.75 bits per heavy atom. The molecule has 0 atom stereocenters. The number of carboxylic acids is 1. The summed E-state index contributed by atoms with van der Waals surface area (Å²) in [5.74, 6) is 1.04. The predicted molar refractivity (Wildman–Crippen MR) is 122 cm³/mol. The van der Waals surface area contributed by atoms with Gasteiger partial charge in [-0.05, 0) is 35.4 Å². The summed E-state index contributed by atoms with van der Waals surface area (Å²) in [4.78, 5) is 20.2. The smallest absolute Gasteiger partial charge is 0.339 e. The van der Waals surface area contributed by atoms with Gasteiger partial charge in [-0.15, -0.1) is 0 Å². The van der Waals surface area contributed by atoms with E-state index in [4.69, 9.17) is 9.47 Å². The van der Waals surface area contributed by atoms with Crippen LogP contribution in [0.1, 0.15) is 21.5 Å². The number of hydrogen-bond donors (Lipinski definition) is 1. The molecule has 7 heteroatoms. The van der Waals surface area contributed by atoms with Crippen LogP contribution in [0, 0.1) is 0 Å². The van der Waals surface area contributed by atoms with Crippen LogP contribution in [0.15, 0.2) is 66.9 Å². The van der Waals surface area contributed by atoms with Gasteiger partial charge in [0.15, 0.2) is 11.5 Å². The Morgan fingerprint density at radius 3 is 2.47 bits per heavy atom. The van der Waals surface area contributed by atoms with Gasteiger partial charge >= 0.3 is 5.97 Å². The van der Waals surface area contributed by atoms with Gasteiger partial charge < -0.3 is 19.5 Å². The summed E-state index contributed by atoms with van der Waals surface area (Å²) < 4.78 is 11.5. The number of aromatic carboxylic acids is 1. The second kappa shape index (κ2) is 10.2. The molecule has 1 aromatic heterocycles. The van der Waals surface area contributed by atoms with E-state index in [9.17, 15) is 9.90 Å². The fourth-order valence-corrected chi connectivity index (χ4v) is 3.86. The number of pyridine rings is 1. The second-order valence-corrected chi connectivity index (χ2v) is 7.70. The second-order valence-electron chi connectivity index (χ2n) is 7.70. The normalized spacial score (nSPS) is 14.2. The predicted octanol–water partition coefficient (Wildman–Crippen LogP) is 3.69. The maximum absolute atomic E-state index is 11.5. The van der Waals surface area contributed by atoms with Crippen LogP contribution in [0.4, 0.5) is 5.82 Å². The van der Waals surface area contributed by atoms with Crippen LogP contribution in [0.25, 0.3) is 0 Å². The molecule has 1 fully saturated rings. The molecule has 32 heavy (non-hydrogen) atoms. The van der Waals surface area contributed by atoms with Crippen molar-refractivity contribution in [2.75, 3.05) is 38.2 Å². The molecule has 1 aliphatic heterocycles. The summed E-state index contributed by atoms with van der Waals surface area (Å²) in [6.07, 6.45) is 1.64. The molecule has 2 aromatic carbocycles. The molecule has 0 saturated carbocycles. The van der Waals surface area contributed by atoms with E-state index in [1.165, 1.54) is 0 Å². The number of rotatable bonds is 8. The highest BCUT2D eigenvalue weighted by Gasteiger charge is 2.22. The van der Waals surface area contributed by atoms with Crippen molar-refractivity contribution < 1.29 is 19.4 Å². The summed E-state index contributed by atoms with van der Waals surface area (Å²) in [6.45, 7) is 4.36. The van der Waals surface area contributed by atoms with E-state index in [0.29, 0.717) is 18.2 Å². The fraction of sp³-hybridized carbons (Fsp3) is 0.280.